The highest BCUT2D eigenvalue weighted by Gasteiger charge is 2.44. The van der Waals surface area contributed by atoms with E-state index in [-0.39, 0.29) is 17.6 Å². The van der Waals surface area contributed by atoms with Crippen LogP contribution in [-0.4, -0.2) is 48.7 Å². The van der Waals surface area contributed by atoms with E-state index in [9.17, 15) is 4.79 Å². The van der Waals surface area contributed by atoms with Crippen LogP contribution in [0.25, 0.3) is 0 Å². The number of ether oxygens (including phenoxy) is 1. The van der Waals surface area contributed by atoms with Crippen molar-refractivity contribution in [2.45, 2.75) is 57.7 Å². The Morgan fingerprint density at radius 3 is 2.72 bits per heavy atom. The number of carbonyl (C=O) groups excluding carboxylic acids is 1. The molecule has 2 saturated heterocycles. The fourth-order valence-corrected chi connectivity index (χ4v) is 3.02. The van der Waals surface area contributed by atoms with Crippen LogP contribution in [-0.2, 0) is 9.53 Å². The van der Waals surface area contributed by atoms with Gasteiger partial charge in [0.25, 0.3) is 5.91 Å². The summed E-state index contributed by atoms with van der Waals surface area (Å²) < 4.78 is 6.23. The number of amides is 1. The number of carbonyl (C=O) groups is 1. The minimum atomic E-state index is -0.197. The minimum absolute atomic E-state index is 0.0758. The minimum Gasteiger partial charge on any atom is -0.360 e. The lowest BCUT2D eigenvalue weighted by molar-refractivity contribution is -0.189. The van der Waals surface area contributed by atoms with Crippen LogP contribution in [0.5, 0.6) is 0 Å². The lowest BCUT2D eigenvalue weighted by Crippen LogP contribution is -2.61. The van der Waals surface area contributed by atoms with E-state index >= 15 is 0 Å². The molecule has 2 aliphatic rings. The zero-order chi connectivity index (χ0) is 13.0. The van der Waals surface area contributed by atoms with Gasteiger partial charge in [0, 0.05) is 13.1 Å². The molecule has 0 aromatic rings. The van der Waals surface area contributed by atoms with Crippen molar-refractivity contribution in [1.82, 2.24) is 10.2 Å². The lowest BCUT2D eigenvalue weighted by atomic mass is 9.88. The van der Waals surface area contributed by atoms with E-state index in [1.807, 2.05) is 4.90 Å². The molecule has 0 aromatic carbocycles. The smallest absolute Gasteiger partial charge is 0.251 e. The molecule has 1 unspecified atom stereocenters. The van der Waals surface area contributed by atoms with Crippen molar-refractivity contribution >= 4 is 5.91 Å². The first-order valence-corrected chi connectivity index (χ1v) is 7.38. The standard InChI is InChI=1S/C14H26N2O2/c1-3-5-6-12-13(17)16(4-2)11-14(18-12)7-9-15-10-8-14/h12,15H,3-11H2,1-2H3. The molecule has 1 spiro atoms. The van der Waals surface area contributed by atoms with Gasteiger partial charge in [0.05, 0.1) is 5.60 Å². The fourth-order valence-electron chi connectivity index (χ4n) is 3.02. The third-order valence-electron chi connectivity index (χ3n) is 4.17. The molecule has 104 valence electrons. The van der Waals surface area contributed by atoms with Crippen molar-refractivity contribution in [1.29, 1.82) is 0 Å². The maximum absolute atomic E-state index is 12.3. The van der Waals surface area contributed by atoms with Crippen molar-refractivity contribution in [2.24, 2.45) is 0 Å². The van der Waals surface area contributed by atoms with Gasteiger partial charge in [-0.25, -0.2) is 0 Å². The van der Waals surface area contributed by atoms with Crippen LogP contribution in [0.3, 0.4) is 0 Å². The van der Waals surface area contributed by atoms with Gasteiger partial charge in [0.1, 0.15) is 6.10 Å². The summed E-state index contributed by atoms with van der Waals surface area (Å²) in [6.07, 6.45) is 4.92. The van der Waals surface area contributed by atoms with E-state index in [1.54, 1.807) is 0 Å². The quantitative estimate of drug-likeness (QED) is 0.827. The highest BCUT2D eigenvalue weighted by molar-refractivity contribution is 5.81. The SMILES string of the molecule is CCCCC1OC2(CCNCC2)CN(CC)C1=O. The summed E-state index contributed by atoms with van der Waals surface area (Å²) in [6, 6.07) is 0. The van der Waals surface area contributed by atoms with Gasteiger partial charge < -0.3 is 15.0 Å². The normalized spacial score (nSPS) is 27.8. The van der Waals surface area contributed by atoms with Gasteiger partial charge >= 0.3 is 0 Å². The van der Waals surface area contributed by atoms with Crippen LogP contribution in [0.4, 0.5) is 0 Å². The van der Waals surface area contributed by atoms with Gasteiger partial charge in [-0.1, -0.05) is 19.8 Å². The van der Waals surface area contributed by atoms with Crippen molar-refractivity contribution < 1.29 is 9.53 Å². The van der Waals surface area contributed by atoms with E-state index in [2.05, 4.69) is 19.2 Å². The van der Waals surface area contributed by atoms with Crippen LogP contribution in [0, 0.1) is 0 Å². The predicted molar refractivity (Wildman–Crippen MR) is 71.5 cm³/mol. The second-order valence-corrected chi connectivity index (χ2v) is 5.53. The highest BCUT2D eigenvalue weighted by Crippen LogP contribution is 2.32. The van der Waals surface area contributed by atoms with Gasteiger partial charge in [0.15, 0.2) is 0 Å². The second-order valence-electron chi connectivity index (χ2n) is 5.53. The van der Waals surface area contributed by atoms with Crippen molar-refractivity contribution in [2.75, 3.05) is 26.2 Å². The first-order valence-electron chi connectivity index (χ1n) is 7.38. The molecule has 18 heavy (non-hydrogen) atoms. The monoisotopic (exact) mass is 254 g/mol. The fraction of sp³-hybridized carbons (Fsp3) is 0.929. The average Bonchev–Trinajstić information content (AvgIpc) is 2.40. The number of morpholine rings is 1. The zero-order valence-corrected chi connectivity index (χ0v) is 11.7. The molecule has 2 rings (SSSR count). The number of nitrogens with one attached hydrogen (secondary N) is 1. The molecule has 2 heterocycles. The Bertz CT molecular complexity index is 288. The molecule has 1 amide bonds. The van der Waals surface area contributed by atoms with Gasteiger partial charge in [-0.3, -0.25) is 4.79 Å². The maximum Gasteiger partial charge on any atom is 0.251 e. The Labute approximate surface area is 110 Å². The molecular formula is C14H26N2O2. The van der Waals surface area contributed by atoms with Crippen molar-refractivity contribution in [3.05, 3.63) is 0 Å². The molecule has 4 nitrogen and oxygen atoms in total. The Kier molecular flexibility index (Phi) is 4.62. The van der Waals surface area contributed by atoms with Crippen LogP contribution < -0.4 is 5.32 Å². The number of piperidine rings is 1. The number of hydrogen-bond acceptors (Lipinski definition) is 3. The number of hydrogen-bond donors (Lipinski definition) is 1. The second kappa shape index (κ2) is 6.02. The number of nitrogens with zero attached hydrogens (tertiary/aromatic N) is 1. The third-order valence-corrected chi connectivity index (χ3v) is 4.17. The molecule has 0 bridgehead atoms. The Morgan fingerprint density at radius 1 is 1.39 bits per heavy atom. The predicted octanol–water partition coefficient (Wildman–Crippen LogP) is 1.55. The molecule has 0 radical (unpaired) electrons. The Morgan fingerprint density at radius 2 is 2.11 bits per heavy atom. The molecule has 2 fully saturated rings. The van der Waals surface area contributed by atoms with E-state index < -0.39 is 0 Å². The summed E-state index contributed by atoms with van der Waals surface area (Å²) in [6.45, 7) is 7.82. The van der Waals surface area contributed by atoms with Gasteiger partial charge in [-0.2, -0.15) is 0 Å². The summed E-state index contributed by atoms with van der Waals surface area (Å²) in [5, 5.41) is 3.37. The first-order chi connectivity index (χ1) is 8.71. The summed E-state index contributed by atoms with van der Waals surface area (Å²) in [5.41, 5.74) is -0.0758. The molecule has 1 atom stereocenters. The summed E-state index contributed by atoms with van der Waals surface area (Å²) >= 11 is 0. The molecule has 4 heteroatoms. The summed E-state index contributed by atoms with van der Waals surface area (Å²) in [5.74, 6) is 0.204. The number of likely N-dealkylation sites (N-methyl/N-ethyl adjacent to an activating group) is 1. The largest absolute Gasteiger partial charge is 0.360 e. The van der Waals surface area contributed by atoms with E-state index in [0.29, 0.717) is 0 Å². The summed E-state index contributed by atoms with van der Waals surface area (Å²) in [7, 11) is 0. The molecular weight excluding hydrogens is 228 g/mol. The Balaban J connectivity index is 2.07. The number of unbranched alkanes of at least 4 members (excludes halogenated alkanes) is 1. The van der Waals surface area contributed by atoms with Crippen LogP contribution in [0.15, 0.2) is 0 Å². The van der Waals surface area contributed by atoms with E-state index in [0.717, 1.165) is 58.3 Å². The first kappa shape index (κ1) is 13.8. The van der Waals surface area contributed by atoms with Crippen molar-refractivity contribution in [3.63, 3.8) is 0 Å². The molecule has 1 N–H and O–H groups in total. The Hall–Kier alpha value is -0.610. The summed E-state index contributed by atoms with van der Waals surface area (Å²) in [4.78, 5) is 14.3. The highest BCUT2D eigenvalue weighted by atomic mass is 16.5. The molecule has 2 aliphatic heterocycles. The van der Waals surface area contributed by atoms with Crippen LogP contribution >= 0.6 is 0 Å². The maximum atomic E-state index is 12.3. The van der Waals surface area contributed by atoms with Crippen LogP contribution in [0.2, 0.25) is 0 Å². The van der Waals surface area contributed by atoms with Gasteiger partial charge in [-0.05, 0) is 39.3 Å². The van der Waals surface area contributed by atoms with E-state index in [1.165, 1.54) is 0 Å². The van der Waals surface area contributed by atoms with Gasteiger partial charge in [0.2, 0.25) is 0 Å². The average molecular weight is 254 g/mol. The lowest BCUT2D eigenvalue weighted by Gasteiger charge is -2.47. The topological polar surface area (TPSA) is 41.6 Å². The van der Waals surface area contributed by atoms with Crippen LogP contribution in [0.1, 0.15) is 46.0 Å². The van der Waals surface area contributed by atoms with Gasteiger partial charge in [-0.15, -0.1) is 0 Å². The van der Waals surface area contributed by atoms with E-state index in [4.69, 9.17) is 4.74 Å². The molecule has 0 saturated carbocycles. The molecule has 0 aliphatic carbocycles. The third kappa shape index (κ3) is 2.86. The molecule has 0 aromatic heterocycles. The zero-order valence-electron chi connectivity index (χ0n) is 11.7. The van der Waals surface area contributed by atoms with Crippen molar-refractivity contribution in [3.8, 4) is 0 Å². The number of rotatable bonds is 4.